The molecule has 0 unspecified atom stereocenters. The number of nitrogens with zero attached hydrogens (tertiary/aromatic N) is 3. The largest absolute Gasteiger partial charge is 0.439 e. The highest BCUT2D eigenvalue weighted by Crippen LogP contribution is 2.47. The van der Waals surface area contributed by atoms with Crippen molar-refractivity contribution in [3.8, 4) is 0 Å². The van der Waals surface area contributed by atoms with E-state index >= 15 is 0 Å². The molecule has 0 saturated carbocycles. The lowest BCUT2D eigenvalue weighted by molar-refractivity contribution is -0.141. The highest BCUT2D eigenvalue weighted by Gasteiger charge is 2.51. The first-order valence-electron chi connectivity index (χ1n) is 10.4. The van der Waals surface area contributed by atoms with E-state index in [0.717, 1.165) is 26.2 Å². The summed E-state index contributed by atoms with van der Waals surface area (Å²) in [6, 6.07) is 9.22. The Hall–Kier alpha value is -2.51. The van der Waals surface area contributed by atoms with Gasteiger partial charge in [0.05, 0.1) is 16.8 Å². The summed E-state index contributed by atoms with van der Waals surface area (Å²) in [7, 11) is 0. The molecule has 0 spiro atoms. The van der Waals surface area contributed by atoms with E-state index in [-0.39, 0.29) is 11.9 Å². The topological polar surface area (TPSA) is 72.4 Å². The number of halogens is 1. The van der Waals surface area contributed by atoms with Gasteiger partial charge in [-0.15, -0.1) is 11.3 Å². The Morgan fingerprint density at radius 1 is 1.32 bits per heavy atom. The maximum atomic E-state index is 13.8. The van der Waals surface area contributed by atoms with Crippen LogP contribution in [0.4, 0.5) is 4.79 Å². The van der Waals surface area contributed by atoms with Gasteiger partial charge in [0.2, 0.25) is 5.91 Å². The number of rotatable bonds is 3. The van der Waals surface area contributed by atoms with Crippen molar-refractivity contribution in [1.82, 2.24) is 14.9 Å². The van der Waals surface area contributed by atoms with Gasteiger partial charge in [-0.25, -0.2) is 19.7 Å². The molecule has 2 amide bonds. The molecule has 6 nitrogen and oxygen atoms in total. The van der Waals surface area contributed by atoms with Crippen molar-refractivity contribution in [3.05, 3.63) is 57.8 Å². The Bertz CT molecular complexity index is 1180. The van der Waals surface area contributed by atoms with E-state index in [4.69, 9.17) is 16.3 Å². The molecule has 0 bridgehead atoms. The highest BCUT2D eigenvalue weighted by molar-refractivity contribution is 7.19. The van der Waals surface area contributed by atoms with Crippen molar-refractivity contribution in [2.45, 2.75) is 51.7 Å². The Morgan fingerprint density at radius 3 is 2.84 bits per heavy atom. The molecule has 1 fully saturated rings. The van der Waals surface area contributed by atoms with Gasteiger partial charge in [0, 0.05) is 4.88 Å². The third kappa shape index (κ3) is 3.13. The van der Waals surface area contributed by atoms with Crippen molar-refractivity contribution in [3.63, 3.8) is 0 Å². The summed E-state index contributed by atoms with van der Waals surface area (Å²) in [5.74, 6) is -0.147. The minimum Gasteiger partial charge on any atom is -0.439 e. The number of ether oxygens (including phenoxy) is 1. The first kappa shape index (κ1) is 20.4. The molecule has 31 heavy (non-hydrogen) atoms. The van der Waals surface area contributed by atoms with E-state index in [1.807, 2.05) is 44.2 Å². The summed E-state index contributed by atoms with van der Waals surface area (Å²) in [6.45, 7) is 3.90. The maximum Gasteiger partial charge on any atom is 0.417 e. The fourth-order valence-corrected chi connectivity index (χ4v) is 6.51. The van der Waals surface area contributed by atoms with Crippen LogP contribution >= 0.6 is 22.9 Å². The van der Waals surface area contributed by atoms with Crippen molar-refractivity contribution in [2.75, 3.05) is 0 Å². The summed E-state index contributed by atoms with van der Waals surface area (Å²) >= 11 is 7.91. The zero-order chi connectivity index (χ0) is 21.8. The molecule has 0 radical (unpaired) electrons. The van der Waals surface area contributed by atoms with E-state index in [0.29, 0.717) is 30.8 Å². The molecule has 1 aromatic carbocycles. The molecular weight excluding hydrogens is 434 g/mol. The van der Waals surface area contributed by atoms with Crippen LogP contribution in [0.5, 0.6) is 0 Å². The predicted molar refractivity (Wildman–Crippen MR) is 119 cm³/mol. The minimum absolute atomic E-state index is 0.147. The number of carbonyl (C=O) groups excluding carboxylic acids is 2. The summed E-state index contributed by atoms with van der Waals surface area (Å²) in [5.41, 5.74) is 1.39. The van der Waals surface area contributed by atoms with Gasteiger partial charge in [-0.3, -0.25) is 4.79 Å². The Labute approximate surface area is 189 Å². The van der Waals surface area contributed by atoms with E-state index in [2.05, 4.69) is 9.97 Å². The summed E-state index contributed by atoms with van der Waals surface area (Å²) in [6.07, 6.45) is 3.03. The fourth-order valence-electron chi connectivity index (χ4n) is 4.88. The molecule has 8 heteroatoms. The average Bonchev–Trinajstić information content (AvgIpc) is 3.30. The number of aromatic nitrogens is 2. The number of carbonyl (C=O) groups is 2. The monoisotopic (exact) mass is 455 g/mol. The van der Waals surface area contributed by atoms with Crippen molar-refractivity contribution >= 4 is 45.2 Å². The Morgan fingerprint density at radius 2 is 2.10 bits per heavy atom. The van der Waals surface area contributed by atoms with E-state index in [1.165, 1.54) is 11.2 Å². The van der Waals surface area contributed by atoms with Gasteiger partial charge in [-0.2, -0.15) is 0 Å². The smallest absolute Gasteiger partial charge is 0.417 e. The second kappa shape index (κ2) is 7.57. The van der Waals surface area contributed by atoms with Crippen LogP contribution in [-0.2, 0) is 22.4 Å². The second-order valence-corrected chi connectivity index (χ2v) is 9.73. The average molecular weight is 456 g/mol. The van der Waals surface area contributed by atoms with Crippen LogP contribution < -0.4 is 0 Å². The first-order chi connectivity index (χ1) is 14.9. The molecular formula is C23H22ClN3O3S. The minimum atomic E-state index is -0.646. The lowest BCUT2D eigenvalue weighted by Crippen LogP contribution is -2.49. The maximum absolute atomic E-state index is 13.8. The number of thiophene rings is 1. The second-order valence-electron chi connectivity index (χ2n) is 8.29. The molecule has 1 saturated heterocycles. The van der Waals surface area contributed by atoms with Gasteiger partial charge in [-0.05, 0) is 43.7 Å². The number of benzene rings is 1. The van der Waals surface area contributed by atoms with Gasteiger partial charge in [-0.1, -0.05) is 48.9 Å². The van der Waals surface area contributed by atoms with Crippen LogP contribution in [0.15, 0.2) is 36.7 Å². The Balaban J connectivity index is 1.47. The van der Waals surface area contributed by atoms with Crippen LogP contribution in [-0.4, -0.2) is 32.9 Å². The van der Waals surface area contributed by atoms with Gasteiger partial charge in [0.1, 0.15) is 22.4 Å². The number of aryl methyl sites for hydroxylation is 1. The zero-order valence-corrected chi connectivity index (χ0v) is 18.9. The molecule has 3 aromatic rings. The van der Waals surface area contributed by atoms with Crippen molar-refractivity contribution in [2.24, 2.45) is 5.41 Å². The van der Waals surface area contributed by atoms with Gasteiger partial charge in [0.15, 0.2) is 0 Å². The van der Waals surface area contributed by atoms with Crippen LogP contribution in [0.3, 0.4) is 0 Å². The molecule has 3 heterocycles. The van der Waals surface area contributed by atoms with Gasteiger partial charge < -0.3 is 4.74 Å². The van der Waals surface area contributed by atoms with Gasteiger partial charge in [0.25, 0.3) is 0 Å². The molecule has 3 atom stereocenters. The SMILES string of the molecule is CC[C@@]1(C(=O)N2C(=O)O[C@H](c3ccccc3)[C@@H]2C)CCc2c(sc3ncnc(Cl)c23)C1. The van der Waals surface area contributed by atoms with Crippen molar-refractivity contribution in [1.29, 1.82) is 0 Å². The van der Waals surface area contributed by atoms with E-state index < -0.39 is 17.6 Å². The standard InChI is InChI=1S/C23H22ClN3O3S/c1-3-23(10-9-15-16(11-23)31-20-17(15)19(24)25-12-26-20)21(28)27-13(2)18(30-22(27)29)14-7-5-4-6-8-14/h4-8,12-13,18H,3,9-11H2,1-2H3/t13-,18-,23+/m0/s1. The van der Waals surface area contributed by atoms with E-state index in [1.54, 1.807) is 11.3 Å². The molecule has 2 aliphatic rings. The number of fused-ring (bicyclic) bond motifs is 3. The molecule has 2 aromatic heterocycles. The normalized spacial score (nSPS) is 25.5. The fraction of sp³-hybridized carbons (Fsp3) is 0.391. The first-order valence-corrected chi connectivity index (χ1v) is 11.6. The quantitative estimate of drug-likeness (QED) is 0.498. The number of imide groups is 1. The number of hydrogen-bond donors (Lipinski definition) is 0. The lowest BCUT2D eigenvalue weighted by atomic mass is 9.71. The third-order valence-electron chi connectivity index (χ3n) is 6.72. The van der Waals surface area contributed by atoms with Crippen molar-refractivity contribution < 1.29 is 14.3 Å². The van der Waals surface area contributed by atoms with Crippen LogP contribution in [0, 0.1) is 5.41 Å². The highest BCUT2D eigenvalue weighted by atomic mass is 35.5. The summed E-state index contributed by atoms with van der Waals surface area (Å²) in [5, 5.41) is 1.36. The Kier molecular flexibility index (Phi) is 4.98. The summed E-state index contributed by atoms with van der Waals surface area (Å²) in [4.78, 5) is 38.4. The molecule has 160 valence electrons. The number of hydrogen-bond acceptors (Lipinski definition) is 6. The lowest BCUT2D eigenvalue weighted by Gasteiger charge is -2.37. The number of amides is 2. The molecule has 1 aliphatic carbocycles. The van der Waals surface area contributed by atoms with E-state index in [9.17, 15) is 9.59 Å². The van der Waals surface area contributed by atoms with Gasteiger partial charge >= 0.3 is 6.09 Å². The number of cyclic esters (lactones) is 1. The third-order valence-corrected chi connectivity index (χ3v) is 8.15. The van der Waals surface area contributed by atoms with Crippen LogP contribution in [0.1, 0.15) is 48.8 Å². The molecule has 1 aliphatic heterocycles. The summed E-state index contributed by atoms with van der Waals surface area (Å²) < 4.78 is 5.64. The predicted octanol–water partition coefficient (Wildman–Crippen LogP) is 5.34. The zero-order valence-electron chi connectivity index (χ0n) is 17.3. The molecule has 5 rings (SSSR count). The molecule has 0 N–H and O–H groups in total. The van der Waals surface area contributed by atoms with Crippen LogP contribution in [0.2, 0.25) is 5.15 Å². The van der Waals surface area contributed by atoms with Crippen LogP contribution in [0.25, 0.3) is 10.2 Å².